The maximum atomic E-state index is 5.29. The molecule has 12 rings (SSSR count). The van der Waals surface area contributed by atoms with Gasteiger partial charge in [-0.1, -0.05) is 207 Å². The Bertz CT molecular complexity index is 3300. The number of fused-ring (bicyclic) bond motifs is 7. The Kier molecular flexibility index (Phi) is 8.78. The van der Waals surface area contributed by atoms with Crippen LogP contribution in [-0.2, 0) is 5.41 Å². The molecule has 2 heteroatoms. The van der Waals surface area contributed by atoms with Gasteiger partial charge in [-0.05, 0) is 108 Å². The van der Waals surface area contributed by atoms with Crippen LogP contribution in [0.3, 0.4) is 0 Å². The highest BCUT2D eigenvalue weighted by molar-refractivity contribution is 6.08. The third-order valence-corrected chi connectivity index (χ3v) is 13.7. The van der Waals surface area contributed by atoms with E-state index >= 15 is 0 Å². The molecule has 0 radical (unpaired) electrons. The largest absolute Gasteiger partial charge is 0.228 e. The standard InChI is InChI=1S/C60H44N2/c1-4-17-40(18-5-1)41-29-31-42(32-30-41)56-39-57(62-59(61-56)43-19-6-2-7-20-43)51-34-33-50(46-23-10-12-25-48(46)51)47-24-11-13-26-49(47)52-27-16-28-54-58(52)53-37-44-21-8-9-22-45(44)38-55(53)60(54)35-14-3-15-36-60/h1-2,4-13,16-34,37-39H,3,14-15,35-36H2. The highest BCUT2D eigenvalue weighted by Gasteiger charge is 2.45. The van der Waals surface area contributed by atoms with Crippen LogP contribution in [0.25, 0.3) is 100.0 Å². The molecule has 62 heavy (non-hydrogen) atoms. The summed E-state index contributed by atoms with van der Waals surface area (Å²) in [5.74, 6) is 0.713. The fourth-order valence-electron chi connectivity index (χ4n) is 10.8. The van der Waals surface area contributed by atoms with Gasteiger partial charge in [-0.3, -0.25) is 0 Å². The quantitative estimate of drug-likeness (QED) is 0.168. The summed E-state index contributed by atoms with van der Waals surface area (Å²) >= 11 is 0. The predicted molar refractivity (Wildman–Crippen MR) is 259 cm³/mol. The lowest BCUT2D eigenvalue weighted by atomic mass is 9.67. The zero-order valence-electron chi connectivity index (χ0n) is 34.6. The Morgan fingerprint density at radius 2 is 0.871 bits per heavy atom. The SMILES string of the molecule is c1ccc(-c2ccc(-c3cc(-c4ccc(-c5ccccc5-c5cccc6c5-c5cc7ccccc7cc5C65CCCCC5)c5ccccc45)nc(-c4ccccc4)n3)cc2)cc1. The first-order chi connectivity index (χ1) is 30.7. The first-order valence-electron chi connectivity index (χ1n) is 22.1. The van der Waals surface area contributed by atoms with Crippen LogP contribution in [-0.4, -0.2) is 9.97 Å². The van der Waals surface area contributed by atoms with E-state index in [2.05, 4.69) is 200 Å². The molecule has 0 N–H and O–H groups in total. The maximum absolute atomic E-state index is 5.29. The Morgan fingerprint density at radius 3 is 1.61 bits per heavy atom. The van der Waals surface area contributed by atoms with Gasteiger partial charge in [0, 0.05) is 22.1 Å². The number of aromatic nitrogens is 2. The molecule has 2 nitrogen and oxygen atoms in total. The van der Waals surface area contributed by atoms with E-state index in [0.717, 1.165) is 28.1 Å². The molecule has 0 saturated heterocycles. The molecule has 1 aromatic heterocycles. The van der Waals surface area contributed by atoms with Gasteiger partial charge < -0.3 is 0 Å². The first kappa shape index (κ1) is 36.4. The zero-order valence-corrected chi connectivity index (χ0v) is 34.6. The van der Waals surface area contributed by atoms with E-state index in [1.807, 2.05) is 6.07 Å². The molecule has 1 spiro atoms. The van der Waals surface area contributed by atoms with Crippen molar-refractivity contribution in [3.63, 3.8) is 0 Å². The summed E-state index contributed by atoms with van der Waals surface area (Å²) in [7, 11) is 0. The minimum absolute atomic E-state index is 0.0607. The Hall–Kier alpha value is -7.42. The number of hydrogen-bond donors (Lipinski definition) is 0. The van der Waals surface area contributed by atoms with Gasteiger partial charge in [-0.25, -0.2) is 9.97 Å². The summed E-state index contributed by atoms with van der Waals surface area (Å²) in [6.07, 6.45) is 6.27. The number of nitrogens with zero attached hydrogens (tertiary/aromatic N) is 2. The molecule has 2 aliphatic rings. The third kappa shape index (κ3) is 6.01. The van der Waals surface area contributed by atoms with Crippen molar-refractivity contribution in [3.8, 4) is 78.4 Å². The molecule has 1 saturated carbocycles. The van der Waals surface area contributed by atoms with Crippen LogP contribution in [0.2, 0.25) is 0 Å². The monoisotopic (exact) mass is 792 g/mol. The van der Waals surface area contributed by atoms with Crippen molar-refractivity contribution in [2.45, 2.75) is 37.5 Å². The number of benzene rings is 9. The average molecular weight is 793 g/mol. The highest BCUT2D eigenvalue weighted by Crippen LogP contribution is 2.59. The smallest absolute Gasteiger partial charge is 0.160 e. The maximum Gasteiger partial charge on any atom is 0.160 e. The summed E-state index contributed by atoms with van der Waals surface area (Å²) < 4.78 is 0. The normalized spacial score (nSPS) is 13.9. The van der Waals surface area contributed by atoms with Crippen LogP contribution in [0.5, 0.6) is 0 Å². The second-order valence-electron chi connectivity index (χ2n) is 17.1. The molecule has 294 valence electrons. The van der Waals surface area contributed by atoms with Gasteiger partial charge in [0.1, 0.15) is 0 Å². The first-order valence-corrected chi connectivity index (χ1v) is 22.1. The molecular formula is C60H44N2. The number of hydrogen-bond acceptors (Lipinski definition) is 2. The zero-order chi connectivity index (χ0) is 41.0. The van der Waals surface area contributed by atoms with Crippen molar-refractivity contribution in [2.75, 3.05) is 0 Å². The summed E-state index contributed by atoms with van der Waals surface area (Å²) in [5.41, 5.74) is 18.3. The van der Waals surface area contributed by atoms with Gasteiger partial charge in [0.25, 0.3) is 0 Å². The van der Waals surface area contributed by atoms with Crippen LogP contribution >= 0.6 is 0 Å². The average Bonchev–Trinajstić information content (AvgIpc) is 3.60. The van der Waals surface area contributed by atoms with Gasteiger partial charge in [0.05, 0.1) is 11.4 Å². The van der Waals surface area contributed by atoms with E-state index in [0.29, 0.717) is 5.82 Å². The van der Waals surface area contributed by atoms with Crippen molar-refractivity contribution in [3.05, 3.63) is 217 Å². The Balaban J connectivity index is 1.02. The van der Waals surface area contributed by atoms with Gasteiger partial charge in [-0.2, -0.15) is 0 Å². The van der Waals surface area contributed by atoms with Crippen LogP contribution in [0.1, 0.15) is 43.2 Å². The molecule has 0 aliphatic heterocycles. The molecule has 0 amide bonds. The second-order valence-corrected chi connectivity index (χ2v) is 17.1. The van der Waals surface area contributed by atoms with Crippen molar-refractivity contribution in [2.24, 2.45) is 0 Å². The molecule has 10 aromatic rings. The fraction of sp³-hybridized carbons (Fsp3) is 0.100. The summed E-state index contributed by atoms with van der Waals surface area (Å²) in [4.78, 5) is 10.5. The van der Waals surface area contributed by atoms with E-state index in [9.17, 15) is 0 Å². The number of rotatable bonds is 6. The van der Waals surface area contributed by atoms with Gasteiger partial charge >= 0.3 is 0 Å². The predicted octanol–water partition coefficient (Wildman–Crippen LogP) is 16.0. The Labute approximate surface area is 363 Å². The van der Waals surface area contributed by atoms with Gasteiger partial charge in [0.15, 0.2) is 5.82 Å². The van der Waals surface area contributed by atoms with E-state index in [-0.39, 0.29) is 5.41 Å². The molecule has 2 aliphatic carbocycles. The highest BCUT2D eigenvalue weighted by atomic mass is 14.9. The van der Waals surface area contributed by atoms with Crippen LogP contribution in [0.4, 0.5) is 0 Å². The van der Waals surface area contributed by atoms with E-state index in [1.54, 1.807) is 0 Å². The molecule has 9 aromatic carbocycles. The van der Waals surface area contributed by atoms with Crippen molar-refractivity contribution >= 4 is 21.5 Å². The van der Waals surface area contributed by atoms with E-state index in [1.165, 1.54) is 109 Å². The lowest BCUT2D eigenvalue weighted by molar-refractivity contribution is 0.353. The fourth-order valence-corrected chi connectivity index (χ4v) is 10.8. The summed E-state index contributed by atoms with van der Waals surface area (Å²) in [6, 6.07) is 75.3. The minimum Gasteiger partial charge on any atom is -0.228 e. The van der Waals surface area contributed by atoms with Gasteiger partial charge in [-0.15, -0.1) is 0 Å². The van der Waals surface area contributed by atoms with Crippen LogP contribution in [0, 0.1) is 0 Å². The van der Waals surface area contributed by atoms with E-state index < -0.39 is 0 Å². The van der Waals surface area contributed by atoms with Gasteiger partial charge in [0.2, 0.25) is 0 Å². The molecule has 1 heterocycles. The third-order valence-electron chi connectivity index (χ3n) is 13.7. The molecular weight excluding hydrogens is 749 g/mol. The van der Waals surface area contributed by atoms with Crippen molar-refractivity contribution in [1.29, 1.82) is 0 Å². The molecule has 0 bridgehead atoms. The van der Waals surface area contributed by atoms with Crippen LogP contribution < -0.4 is 0 Å². The second kappa shape index (κ2) is 14.9. The topological polar surface area (TPSA) is 25.8 Å². The van der Waals surface area contributed by atoms with Crippen molar-refractivity contribution in [1.82, 2.24) is 9.97 Å². The van der Waals surface area contributed by atoms with E-state index in [4.69, 9.17) is 9.97 Å². The lowest BCUT2D eigenvalue weighted by Crippen LogP contribution is -2.28. The molecule has 1 fully saturated rings. The summed E-state index contributed by atoms with van der Waals surface area (Å²) in [6.45, 7) is 0. The molecule has 0 unspecified atom stereocenters. The molecule has 0 atom stereocenters. The van der Waals surface area contributed by atoms with Crippen molar-refractivity contribution < 1.29 is 0 Å². The minimum atomic E-state index is 0.0607. The summed E-state index contributed by atoms with van der Waals surface area (Å²) in [5, 5.41) is 5.01. The lowest BCUT2D eigenvalue weighted by Gasteiger charge is -2.36. The Morgan fingerprint density at radius 1 is 0.323 bits per heavy atom. The van der Waals surface area contributed by atoms with Crippen LogP contribution in [0.15, 0.2) is 206 Å².